The largest absolute Gasteiger partial charge is 0.467 e. The summed E-state index contributed by atoms with van der Waals surface area (Å²) in [6, 6.07) is 8.59. The molecule has 0 spiro atoms. The van der Waals surface area contributed by atoms with E-state index < -0.39 is 18.2 Å². The van der Waals surface area contributed by atoms with Gasteiger partial charge in [-0.1, -0.05) is 35.5 Å². The summed E-state index contributed by atoms with van der Waals surface area (Å²) in [4.78, 5) is 29.4. The van der Waals surface area contributed by atoms with Crippen molar-refractivity contribution in [2.45, 2.75) is 45.9 Å². The van der Waals surface area contributed by atoms with Gasteiger partial charge in [-0.15, -0.1) is 0 Å². The van der Waals surface area contributed by atoms with Crippen LogP contribution in [0.4, 0.5) is 9.59 Å². The lowest BCUT2D eigenvalue weighted by Gasteiger charge is -2.26. The van der Waals surface area contributed by atoms with Gasteiger partial charge in [-0.3, -0.25) is 0 Å². The Hall–Kier alpha value is -3.60. The van der Waals surface area contributed by atoms with Crippen LogP contribution in [0.5, 0.6) is 0 Å². The Kier molecular flexibility index (Phi) is 8.47. The van der Waals surface area contributed by atoms with Crippen LogP contribution in [-0.2, 0) is 18.9 Å². The minimum absolute atomic E-state index is 0.113. The lowest BCUT2D eigenvalue weighted by Crippen LogP contribution is -2.48. The van der Waals surface area contributed by atoms with Gasteiger partial charge in [-0.2, -0.15) is 0 Å². The Morgan fingerprint density at radius 2 is 1.88 bits per heavy atom. The van der Waals surface area contributed by atoms with E-state index in [2.05, 4.69) is 10.6 Å². The number of nitrogens with one attached hydrogen (secondary N) is 1. The zero-order chi connectivity index (χ0) is 24.7. The summed E-state index contributed by atoms with van der Waals surface area (Å²) >= 11 is 0. The molecule has 34 heavy (non-hydrogen) atoms. The van der Waals surface area contributed by atoms with Gasteiger partial charge in [0.1, 0.15) is 17.6 Å². The van der Waals surface area contributed by atoms with Crippen molar-refractivity contribution in [1.82, 2.24) is 15.6 Å². The fourth-order valence-corrected chi connectivity index (χ4v) is 3.60. The average Bonchev–Trinajstić information content (AvgIpc) is 3.41. The van der Waals surface area contributed by atoms with E-state index in [0.717, 1.165) is 10.6 Å². The molecule has 2 aromatic rings. The SMILES string of the molecule is CCOC(=O)NN(C(=O)OCC)[C@@H](C)c1onc(C)c1C1=N[C@@H](COC)[C@H](c2ccccc2)O1. The van der Waals surface area contributed by atoms with E-state index in [4.69, 9.17) is 28.5 Å². The lowest BCUT2D eigenvalue weighted by atomic mass is 10.0. The standard InChI is InChI=1S/C23H30N4O7/c1-6-31-22(28)25-27(23(29)32-7-2)15(4)19-18(14(3)26-34-19)21-24-17(13-30-5)20(33-21)16-11-9-8-10-12-16/h8-12,15,17,20H,6-7,13H2,1-5H3,(H,25,28)/t15-,17-,20-/m0/s1. The molecule has 3 rings (SSSR count). The van der Waals surface area contributed by atoms with Gasteiger partial charge in [0, 0.05) is 7.11 Å². The highest BCUT2D eigenvalue weighted by molar-refractivity contribution is 5.97. The predicted octanol–water partition coefficient (Wildman–Crippen LogP) is 3.70. The third-order valence-electron chi connectivity index (χ3n) is 5.16. The molecule has 3 atom stereocenters. The Morgan fingerprint density at radius 1 is 1.18 bits per heavy atom. The summed E-state index contributed by atoms with van der Waals surface area (Å²) in [6.07, 6.45) is -1.96. The van der Waals surface area contributed by atoms with Crippen LogP contribution in [-0.4, -0.2) is 61.2 Å². The Bertz CT molecular complexity index is 1010. The minimum atomic E-state index is -0.817. The molecule has 11 heteroatoms. The van der Waals surface area contributed by atoms with Gasteiger partial charge in [-0.05, 0) is 33.3 Å². The van der Waals surface area contributed by atoms with E-state index in [0.29, 0.717) is 23.8 Å². The molecule has 0 saturated carbocycles. The fraction of sp³-hybridized carbons (Fsp3) is 0.478. The van der Waals surface area contributed by atoms with Gasteiger partial charge < -0.3 is 23.5 Å². The maximum absolute atomic E-state index is 12.6. The summed E-state index contributed by atoms with van der Waals surface area (Å²) in [5.74, 6) is 0.586. The van der Waals surface area contributed by atoms with Crippen molar-refractivity contribution >= 4 is 18.1 Å². The highest BCUT2D eigenvalue weighted by Gasteiger charge is 2.38. The second-order valence-corrected chi connectivity index (χ2v) is 7.49. The van der Waals surface area contributed by atoms with Crippen molar-refractivity contribution < 1.29 is 33.1 Å². The second kappa shape index (κ2) is 11.5. The number of aryl methyl sites for hydroxylation is 1. The quantitative estimate of drug-likeness (QED) is 0.574. The van der Waals surface area contributed by atoms with Crippen molar-refractivity contribution in [2.24, 2.45) is 4.99 Å². The number of carbonyl (C=O) groups excluding carboxylic acids is 2. The molecule has 0 bridgehead atoms. The van der Waals surface area contributed by atoms with Crippen molar-refractivity contribution in [1.29, 1.82) is 0 Å². The Balaban J connectivity index is 1.94. The van der Waals surface area contributed by atoms with Crippen LogP contribution in [0, 0.1) is 6.92 Å². The lowest BCUT2D eigenvalue weighted by molar-refractivity contribution is 0.0524. The first-order valence-electron chi connectivity index (χ1n) is 11.0. The molecule has 0 saturated heterocycles. The molecule has 1 aliphatic heterocycles. The molecule has 2 heterocycles. The van der Waals surface area contributed by atoms with E-state index in [9.17, 15) is 9.59 Å². The molecule has 0 radical (unpaired) electrons. The summed E-state index contributed by atoms with van der Waals surface area (Å²) in [5.41, 5.74) is 4.36. The molecule has 184 valence electrons. The maximum atomic E-state index is 12.6. The third kappa shape index (κ3) is 5.48. The number of methoxy groups -OCH3 is 1. The number of hydrazine groups is 1. The molecule has 0 fully saturated rings. The number of carbonyl (C=O) groups is 2. The van der Waals surface area contributed by atoms with Crippen LogP contribution in [0.15, 0.2) is 39.8 Å². The van der Waals surface area contributed by atoms with Crippen LogP contribution in [0.25, 0.3) is 0 Å². The molecule has 1 aromatic heterocycles. The zero-order valence-corrected chi connectivity index (χ0v) is 19.9. The van der Waals surface area contributed by atoms with E-state index in [-0.39, 0.29) is 31.1 Å². The molecule has 0 unspecified atom stereocenters. The van der Waals surface area contributed by atoms with Gasteiger partial charge in [0.2, 0.25) is 5.90 Å². The molecule has 0 aliphatic carbocycles. The molecule has 2 amide bonds. The summed E-state index contributed by atoms with van der Waals surface area (Å²) in [6.45, 7) is 7.31. The monoisotopic (exact) mass is 474 g/mol. The van der Waals surface area contributed by atoms with E-state index in [1.54, 1.807) is 34.8 Å². The van der Waals surface area contributed by atoms with Gasteiger partial charge in [-0.25, -0.2) is 25.0 Å². The molecule has 11 nitrogen and oxygen atoms in total. The first-order valence-corrected chi connectivity index (χ1v) is 11.0. The zero-order valence-electron chi connectivity index (χ0n) is 19.9. The molecular formula is C23H30N4O7. The number of aromatic nitrogens is 1. The Morgan fingerprint density at radius 3 is 2.53 bits per heavy atom. The van der Waals surface area contributed by atoms with E-state index in [1.807, 2.05) is 30.3 Å². The van der Waals surface area contributed by atoms with Gasteiger partial charge in [0.15, 0.2) is 11.9 Å². The van der Waals surface area contributed by atoms with E-state index >= 15 is 0 Å². The van der Waals surface area contributed by atoms with Crippen molar-refractivity contribution in [3.63, 3.8) is 0 Å². The topological polar surface area (TPSA) is 125 Å². The van der Waals surface area contributed by atoms with Crippen LogP contribution >= 0.6 is 0 Å². The molecule has 1 N–H and O–H groups in total. The number of nitrogens with zero attached hydrogens (tertiary/aromatic N) is 3. The number of aliphatic imine (C=N–C) groups is 1. The van der Waals surface area contributed by atoms with Crippen molar-refractivity contribution in [3.05, 3.63) is 52.9 Å². The first kappa shape index (κ1) is 25.0. The van der Waals surface area contributed by atoms with Gasteiger partial charge >= 0.3 is 12.2 Å². The van der Waals surface area contributed by atoms with Crippen LogP contribution in [0.1, 0.15) is 55.5 Å². The number of ether oxygens (including phenoxy) is 4. The van der Waals surface area contributed by atoms with Crippen molar-refractivity contribution in [3.8, 4) is 0 Å². The van der Waals surface area contributed by atoms with Crippen LogP contribution in [0.3, 0.4) is 0 Å². The minimum Gasteiger partial charge on any atom is -0.467 e. The number of hydrogen-bond acceptors (Lipinski definition) is 9. The van der Waals surface area contributed by atoms with Crippen LogP contribution in [0.2, 0.25) is 0 Å². The highest BCUT2D eigenvalue weighted by atomic mass is 16.6. The number of amides is 2. The summed E-state index contributed by atoms with van der Waals surface area (Å²) < 4.78 is 27.2. The molecule has 1 aromatic carbocycles. The molecule has 1 aliphatic rings. The van der Waals surface area contributed by atoms with Gasteiger partial charge in [0.25, 0.3) is 0 Å². The molecular weight excluding hydrogens is 444 g/mol. The van der Waals surface area contributed by atoms with Crippen molar-refractivity contribution in [2.75, 3.05) is 26.9 Å². The summed E-state index contributed by atoms with van der Waals surface area (Å²) in [5, 5.41) is 5.05. The van der Waals surface area contributed by atoms with Gasteiger partial charge in [0.05, 0.1) is 25.5 Å². The number of hydrogen-bond donors (Lipinski definition) is 1. The third-order valence-corrected chi connectivity index (χ3v) is 5.16. The predicted molar refractivity (Wildman–Crippen MR) is 121 cm³/mol. The average molecular weight is 475 g/mol. The van der Waals surface area contributed by atoms with Crippen LogP contribution < -0.4 is 5.43 Å². The number of rotatable bonds is 8. The highest BCUT2D eigenvalue weighted by Crippen LogP contribution is 2.35. The maximum Gasteiger partial charge on any atom is 0.429 e. The normalized spacial score (nSPS) is 18.0. The summed E-state index contributed by atoms with van der Waals surface area (Å²) in [7, 11) is 1.60. The smallest absolute Gasteiger partial charge is 0.429 e. The van der Waals surface area contributed by atoms with E-state index in [1.165, 1.54) is 0 Å². The second-order valence-electron chi connectivity index (χ2n) is 7.49. The number of benzene rings is 1. The first-order chi connectivity index (χ1) is 16.4. The Labute approximate surface area is 198 Å². The fourth-order valence-electron chi connectivity index (χ4n) is 3.60.